The number of unbranched alkanes of at least 4 members (excludes halogenated alkanes) is 2. The lowest BCUT2D eigenvalue weighted by Gasteiger charge is -2.26. The Balaban J connectivity index is 2.02. The van der Waals surface area contributed by atoms with Crippen LogP contribution in [-0.2, 0) is 27.4 Å². The number of halogens is 2. The van der Waals surface area contributed by atoms with Crippen LogP contribution < -0.4 is 9.47 Å². The molecule has 0 saturated carbocycles. The van der Waals surface area contributed by atoms with E-state index in [4.69, 9.17) is 23.7 Å². The van der Waals surface area contributed by atoms with E-state index in [0.29, 0.717) is 13.2 Å². The van der Waals surface area contributed by atoms with Crippen molar-refractivity contribution >= 4 is 31.9 Å². The third-order valence-corrected chi connectivity index (χ3v) is 6.74. The van der Waals surface area contributed by atoms with Gasteiger partial charge < -0.3 is 23.7 Å². The van der Waals surface area contributed by atoms with E-state index in [9.17, 15) is 0 Å². The van der Waals surface area contributed by atoms with Gasteiger partial charge >= 0.3 is 0 Å². The van der Waals surface area contributed by atoms with Crippen LogP contribution in [0.25, 0.3) is 0 Å². The van der Waals surface area contributed by atoms with E-state index in [-0.39, 0.29) is 12.6 Å². The molecule has 2 unspecified atom stereocenters. The molecular weight excluding hydrogens is 552 g/mol. The first kappa shape index (κ1) is 28.1. The minimum absolute atomic E-state index is 0.333. The standard InChI is InChI=1S/C26H36Br2O5/c1-5-7-9-25(31-17-19-11-13-21(29-3)15-23(19)27)33-26(10-8-6-2)32-18-20-12-14-22(30-4)16-24(20)28/h11-16,25-26H,5-10,17-18H2,1-4H3. The molecule has 2 aromatic carbocycles. The summed E-state index contributed by atoms with van der Waals surface area (Å²) in [7, 11) is 3.32. The number of hydrogen-bond donors (Lipinski definition) is 0. The van der Waals surface area contributed by atoms with Gasteiger partial charge in [-0.15, -0.1) is 0 Å². The summed E-state index contributed by atoms with van der Waals surface area (Å²) in [6.07, 6.45) is 5.19. The van der Waals surface area contributed by atoms with E-state index in [1.54, 1.807) is 14.2 Å². The van der Waals surface area contributed by atoms with Gasteiger partial charge in [0.2, 0.25) is 0 Å². The van der Waals surface area contributed by atoms with Crippen molar-refractivity contribution in [3.8, 4) is 11.5 Å². The summed E-state index contributed by atoms with van der Waals surface area (Å²) in [6.45, 7) is 5.24. The number of hydrogen-bond acceptors (Lipinski definition) is 5. The number of benzene rings is 2. The monoisotopic (exact) mass is 586 g/mol. The fourth-order valence-corrected chi connectivity index (χ4v) is 4.15. The Morgan fingerprint density at radius 1 is 0.697 bits per heavy atom. The van der Waals surface area contributed by atoms with Crippen LogP contribution in [0.5, 0.6) is 11.5 Å². The van der Waals surface area contributed by atoms with Gasteiger partial charge in [0, 0.05) is 8.95 Å². The molecule has 184 valence electrons. The van der Waals surface area contributed by atoms with Crippen molar-refractivity contribution in [1.82, 2.24) is 0 Å². The molecule has 5 nitrogen and oxygen atoms in total. The molecule has 0 spiro atoms. The van der Waals surface area contributed by atoms with Crippen molar-refractivity contribution in [3.05, 3.63) is 56.5 Å². The van der Waals surface area contributed by atoms with Gasteiger partial charge in [0.05, 0.1) is 27.4 Å². The lowest BCUT2D eigenvalue weighted by atomic mass is 10.2. The van der Waals surface area contributed by atoms with Crippen molar-refractivity contribution in [2.45, 2.75) is 78.2 Å². The maximum absolute atomic E-state index is 6.34. The molecule has 0 amide bonds. The summed E-state index contributed by atoms with van der Waals surface area (Å²) >= 11 is 7.21. The molecule has 0 radical (unpaired) electrons. The van der Waals surface area contributed by atoms with Gasteiger partial charge in [-0.3, -0.25) is 0 Å². The van der Waals surface area contributed by atoms with Crippen LogP contribution in [-0.4, -0.2) is 26.8 Å². The zero-order valence-electron chi connectivity index (χ0n) is 20.1. The fourth-order valence-electron chi connectivity index (χ4n) is 3.20. The van der Waals surface area contributed by atoms with Crippen LogP contribution in [0, 0.1) is 0 Å². The third-order valence-electron chi connectivity index (χ3n) is 5.26. The largest absolute Gasteiger partial charge is 0.497 e. The Morgan fingerprint density at radius 2 is 1.12 bits per heavy atom. The Morgan fingerprint density at radius 3 is 1.45 bits per heavy atom. The Labute approximate surface area is 215 Å². The Bertz CT molecular complexity index is 763. The van der Waals surface area contributed by atoms with Crippen LogP contribution in [0.3, 0.4) is 0 Å². The molecule has 0 fully saturated rings. The van der Waals surface area contributed by atoms with Crippen LogP contribution in [0.1, 0.15) is 63.5 Å². The first-order valence-corrected chi connectivity index (χ1v) is 13.1. The summed E-state index contributed by atoms with van der Waals surface area (Å²) in [5.74, 6) is 1.62. The summed E-state index contributed by atoms with van der Waals surface area (Å²) in [5.41, 5.74) is 2.10. The lowest BCUT2D eigenvalue weighted by molar-refractivity contribution is -0.256. The zero-order valence-corrected chi connectivity index (χ0v) is 23.2. The Hall–Kier alpha value is -1.12. The third kappa shape index (κ3) is 9.95. The minimum Gasteiger partial charge on any atom is -0.497 e. The summed E-state index contributed by atoms with van der Waals surface area (Å²) in [5, 5.41) is 0. The van der Waals surface area contributed by atoms with Crippen LogP contribution in [0.2, 0.25) is 0 Å². The second-order valence-corrected chi connectivity index (χ2v) is 9.53. The zero-order chi connectivity index (χ0) is 24.1. The second kappa shape index (κ2) is 15.7. The van der Waals surface area contributed by atoms with E-state index in [1.165, 1.54) is 0 Å². The molecule has 2 rings (SSSR count). The van der Waals surface area contributed by atoms with Crippen molar-refractivity contribution in [3.63, 3.8) is 0 Å². The van der Waals surface area contributed by atoms with Gasteiger partial charge in [0.1, 0.15) is 11.5 Å². The molecule has 0 N–H and O–H groups in total. The van der Waals surface area contributed by atoms with Gasteiger partial charge in [-0.1, -0.05) is 70.7 Å². The van der Waals surface area contributed by atoms with Crippen molar-refractivity contribution < 1.29 is 23.7 Å². The maximum atomic E-state index is 6.34. The van der Waals surface area contributed by atoms with Crippen LogP contribution in [0.15, 0.2) is 45.3 Å². The minimum atomic E-state index is -0.333. The average molecular weight is 588 g/mol. The quantitative estimate of drug-likeness (QED) is 0.186. The van der Waals surface area contributed by atoms with Gasteiger partial charge in [-0.25, -0.2) is 0 Å². The predicted octanol–water partition coefficient (Wildman–Crippen LogP) is 8.01. The average Bonchev–Trinajstić information content (AvgIpc) is 2.83. The van der Waals surface area contributed by atoms with E-state index < -0.39 is 0 Å². The highest BCUT2D eigenvalue weighted by Crippen LogP contribution is 2.26. The highest BCUT2D eigenvalue weighted by Gasteiger charge is 2.19. The van der Waals surface area contributed by atoms with E-state index in [2.05, 4.69) is 45.7 Å². The molecule has 0 bridgehead atoms. The molecule has 7 heteroatoms. The molecule has 0 aliphatic heterocycles. The maximum Gasteiger partial charge on any atom is 0.161 e. The van der Waals surface area contributed by atoms with Crippen molar-refractivity contribution in [1.29, 1.82) is 0 Å². The van der Waals surface area contributed by atoms with Crippen molar-refractivity contribution in [2.75, 3.05) is 14.2 Å². The number of methoxy groups -OCH3 is 2. The molecule has 0 aliphatic carbocycles. The summed E-state index contributed by atoms with van der Waals surface area (Å²) in [4.78, 5) is 0. The summed E-state index contributed by atoms with van der Waals surface area (Å²) in [6, 6.07) is 11.8. The van der Waals surface area contributed by atoms with Crippen molar-refractivity contribution in [2.24, 2.45) is 0 Å². The van der Waals surface area contributed by atoms with Crippen LogP contribution in [0.4, 0.5) is 0 Å². The SMILES string of the molecule is CCCCC(OCc1ccc(OC)cc1Br)OC(CCCC)OCc1ccc(OC)cc1Br. The molecule has 0 aliphatic rings. The molecular formula is C26H36Br2O5. The topological polar surface area (TPSA) is 46.2 Å². The normalized spacial score (nSPS) is 13.0. The predicted molar refractivity (Wildman–Crippen MR) is 139 cm³/mol. The van der Waals surface area contributed by atoms with Gasteiger partial charge in [-0.05, 0) is 61.1 Å². The Kier molecular flexibility index (Phi) is 13.4. The molecule has 33 heavy (non-hydrogen) atoms. The first-order valence-electron chi connectivity index (χ1n) is 11.5. The highest BCUT2D eigenvalue weighted by atomic mass is 79.9. The summed E-state index contributed by atoms with van der Waals surface area (Å²) < 4.78 is 31.2. The molecule has 0 saturated heterocycles. The number of ether oxygens (including phenoxy) is 5. The van der Waals surface area contributed by atoms with E-state index in [0.717, 1.165) is 70.1 Å². The van der Waals surface area contributed by atoms with Gasteiger partial charge in [0.15, 0.2) is 12.6 Å². The number of rotatable bonds is 16. The first-order chi connectivity index (χ1) is 16.0. The molecule has 2 atom stereocenters. The van der Waals surface area contributed by atoms with Crippen LogP contribution >= 0.6 is 31.9 Å². The van der Waals surface area contributed by atoms with Gasteiger partial charge in [-0.2, -0.15) is 0 Å². The highest BCUT2D eigenvalue weighted by molar-refractivity contribution is 9.10. The smallest absolute Gasteiger partial charge is 0.161 e. The second-order valence-electron chi connectivity index (χ2n) is 7.82. The molecule has 2 aromatic rings. The van der Waals surface area contributed by atoms with Gasteiger partial charge in [0.25, 0.3) is 0 Å². The lowest BCUT2D eigenvalue weighted by Crippen LogP contribution is -2.27. The molecule has 0 heterocycles. The van der Waals surface area contributed by atoms with E-state index >= 15 is 0 Å². The van der Waals surface area contributed by atoms with E-state index in [1.807, 2.05) is 36.4 Å². The fraction of sp³-hybridized carbons (Fsp3) is 0.538. The molecule has 0 aromatic heterocycles.